The van der Waals surface area contributed by atoms with E-state index in [1.807, 2.05) is 0 Å². The van der Waals surface area contributed by atoms with Crippen LogP contribution in [0.1, 0.15) is 31.2 Å². The van der Waals surface area contributed by atoms with Crippen molar-refractivity contribution in [2.24, 2.45) is 5.92 Å². The summed E-state index contributed by atoms with van der Waals surface area (Å²) in [7, 11) is 0. The van der Waals surface area contributed by atoms with Crippen LogP contribution in [0.2, 0.25) is 0 Å². The number of halogens is 2. The molecule has 0 bridgehead atoms. The van der Waals surface area contributed by atoms with Crippen molar-refractivity contribution >= 4 is 0 Å². The molecule has 3 heteroatoms. The normalized spacial score (nSPS) is 28.6. The molecule has 1 saturated heterocycles. The first-order chi connectivity index (χ1) is 8.18. The van der Waals surface area contributed by atoms with E-state index in [4.69, 9.17) is 0 Å². The molecule has 0 amide bonds. The van der Waals surface area contributed by atoms with E-state index in [-0.39, 0.29) is 5.54 Å². The van der Waals surface area contributed by atoms with Crippen LogP contribution in [-0.2, 0) is 6.42 Å². The minimum atomic E-state index is -0.469. The molecule has 1 heterocycles. The summed E-state index contributed by atoms with van der Waals surface area (Å²) in [6.07, 6.45) is 5.58. The largest absolute Gasteiger partial charge is 0.311 e. The topological polar surface area (TPSA) is 12.0 Å². The maximum absolute atomic E-state index is 13.2. The van der Waals surface area contributed by atoms with Gasteiger partial charge in [0.15, 0.2) is 0 Å². The van der Waals surface area contributed by atoms with E-state index in [1.165, 1.54) is 31.4 Å². The van der Waals surface area contributed by atoms with Crippen molar-refractivity contribution in [1.29, 1.82) is 0 Å². The van der Waals surface area contributed by atoms with Crippen LogP contribution < -0.4 is 5.32 Å². The molecule has 1 unspecified atom stereocenters. The van der Waals surface area contributed by atoms with Crippen molar-refractivity contribution in [2.75, 3.05) is 6.54 Å². The lowest BCUT2D eigenvalue weighted by atomic mass is 9.84. The Kier molecular flexibility index (Phi) is 2.66. The first-order valence-electron chi connectivity index (χ1n) is 6.38. The van der Waals surface area contributed by atoms with Gasteiger partial charge in [0.2, 0.25) is 0 Å². The molecule has 17 heavy (non-hydrogen) atoms. The van der Waals surface area contributed by atoms with Gasteiger partial charge in [-0.25, -0.2) is 8.78 Å². The van der Waals surface area contributed by atoms with Crippen molar-refractivity contribution in [3.8, 4) is 0 Å². The Bertz CT molecular complexity index is 400. The minimum Gasteiger partial charge on any atom is -0.311 e. The summed E-state index contributed by atoms with van der Waals surface area (Å²) in [5.41, 5.74) is 0.893. The maximum atomic E-state index is 13.2. The van der Waals surface area contributed by atoms with Crippen LogP contribution in [0.25, 0.3) is 0 Å². The van der Waals surface area contributed by atoms with Gasteiger partial charge < -0.3 is 5.32 Å². The third kappa shape index (κ3) is 2.21. The van der Waals surface area contributed by atoms with E-state index >= 15 is 0 Å². The number of hydrogen-bond donors (Lipinski definition) is 1. The highest BCUT2D eigenvalue weighted by Crippen LogP contribution is 2.45. The van der Waals surface area contributed by atoms with Crippen molar-refractivity contribution < 1.29 is 8.78 Å². The maximum Gasteiger partial charge on any atom is 0.126 e. The Balaban J connectivity index is 1.84. The lowest BCUT2D eigenvalue weighted by molar-refractivity contribution is 0.322. The zero-order chi connectivity index (χ0) is 11.9. The average Bonchev–Trinajstić information content (AvgIpc) is 3.00. The second-order valence-corrected chi connectivity index (χ2v) is 5.42. The molecule has 0 aromatic heterocycles. The van der Waals surface area contributed by atoms with Gasteiger partial charge in [-0.1, -0.05) is 0 Å². The van der Waals surface area contributed by atoms with Crippen molar-refractivity contribution in [3.63, 3.8) is 0 Å². The highest BCUT2D eigenvalue weighted by Gasteiger charge is 2.46. The molecule has 1 nitrogen and oxygen atoms in total. The molecule has 92 valence electrons. The lowest BCUT2D eigenvalue weighted by Gasteiger charge is -2.30. The van der Waals surface area contributed by atoms with Crippen LogP contribution in [0.3, 0.4) is 0 Å². The molecule has 1 saturated carbocycles. The van der Waals surface area contributed by atoms with Gasteiger partial charge in [0, 0.05) is 11.6 Å². The van der Waals surface area contributed by atoms with Crippen LogP contribution in [0.5, 0.6) is 0 Å². The monoisotopic (exact) mass is 237 g/mol. The average molecular weight is 237 g/mol. The molecule has 1 aliphatic heterocycles. The summed E-state index contributed by atoms with van der Waals surface area (Å²) >= 11 is 0. The fourth-order valence-corrected chi connectivity index (χ4v) is 3.19. The van der Waals surface area contributed by atoms with E-state index in [0.717, 1.165) is 31.0 Å². The fourth-order valence-electron chi connectivity index (χ4n) is 3.19. The Morgan fingerprint density at radius 2 is 1.88 bits per heavy atom. The van der Waals surface area contributed by atoms with Crippen LogP contribution in [0.4, 0.5) is 8.78 Å². The molecule has 0 radical (unpaired) electrons. The SMILES string of the molecule is Fc1cc(F)cc(CC2(C3CC3)CCCN2)c1. The summed E-state index contributed by atoms with van der Waals surface area (Å²) in [5.74, 6) is -0.232. The van der Waals surface area contributed by atoms with Gasteiger partial charge in [-0.05, 0) is 62.3 Å². The molecule has 0 spiro atoms. The van der Waals surface area contributed by atoms with Crippen molar-refractivity contribution in [2.45, 2.75) is 37.6 Å². The van der Waals surface area contributed by atoms with Crippen LogP contribution in [-0.4, -0.2) is 12.1 Å². The third-order valence-corrected chi connectivity index (χ3v) is 4.08. The van der Waals surface area contributed by atoms with E-state index in [2.05, 4.69) is 5.32 Å². The van der Waals surface area contributed by atoms with Gasteiger partial charge in [0.25, 0.3) is 0 Å². The smallest absolute Gasteiger partial charge is 0.126 e. The minimum absolute atomic E-state index is 0.111. The van der Waals surface area contributed by atoms with Crippen LogP contribution >= 0.6 is 0 Å². The summed E-state index contributed by atoms with van der Waals surface area (Å²) in [6.45, 7) is 1.04. The Morgan fingerprint density at radius 1 is 1.18 bits per heavy atom. The van der Waals surface area contributed by atoms with E-state index in [9.17, 15) is 8.78 Å². The molecular formula is C14H17F2N. The summed E-state index contributed by atoms with van der Waals surface area (Å²) < 4.78 is 26.4. The third-order valence-electron chi connectivity index (χ3n) is 4.08. The predicted molar refractivity (Wildman–Crippen MR) is 62.8 cm³/mol. The number of nitrogens with one attached hydrogen (secondary N) is 1. The van der Waals surface area contributed by atoms with Crippen LogP contribution in [0.15, 0.2) is 18.2 Å². The van der Waals surface area contributed by atoms with E-state index in [1.54, 1.807) is 0 Å². The molecule has 1 aromatic rings. The summed E-state index contributed by atoms with van der Waals surface area (Å²) in [4.78, 5) is 0. The van der Waals surface area contributed by atoms with Crippen molar-refractivity contribution in [1.82, 2.24) is 5.32 Å². The molecule has 1 atom stereocenters. The highest BCUT2D eigenvalue weighted by atomic mass is 19.1. The summed E-state index contributed by atoms with van der Waals surface area (Å²) in [5, 5.41) is 3.57. The second kappa shape index (κ2) is 4.05. The van der Waals surface area contributed by atoms with Crippen LogP contribution in [0, 0.1) is 17.6 Å². The zero-order valence-electron chi connectivity index (χ0n) is 9.81. The van der Waals surface area contributed by atoms with Crippen molar-refractivity contribution in [3.05, 3.63) is 35.4 Å². The van der Waals surface area contributed by atoms with Gasteiger partial charge in [-0.3, -0.25) is 0 Å². The Labute approximate surface area is 100 Å². The number of rotatable bonds is 3. The second-order valence-electron chi connectivity index (χ2n) is 5.42. The molecule has 1 aromatic carbocycles. The Hall–Kier alpha value is -0.960. The molecule has 2 fully saturated rings. The Morgan fingerprint density at radius 3 is 2.41 bits per heavy atom. The quantitative estimate of drug-likeness (QED) is 0.852. The molecule has 3 rings (SSSR count). The van der Waals surface area contributed by atoms with Gasteiger partial charge >= 0.3 is 0 Å². The first kappa shape index (κ1) is 11.1. The summed E-state index contributed by atoms with van der Waals surface area (Å²) in [6, 6.07) is 3.87. The zero-order valence-corrected chi connectivity index (χ0v) is 9.81. The molecule has 1 aliphatic carbocycles. The van der Waals surface area contributed by atoms with Gasteiger partial charge in [0.1, 0.15) is 11.6 Å². The molecule has 2 aliphatic rings. The van der Waals surface area contributed by atoms with Gasteiger partial charge in [-0.15, -0.1) is 0 Å². The molecular weight excluding hydrogens is 220 g/mol. The fraction of sp³-hybridized carbons (Fsp3) is 0.571. The van der Waals surface area contributed by atoms with E-state index < -0.39 is 11.6 Å². The number of benzene rings is 1. The highest BCUT2D eigenvalue weighted by molar-refractivity contribution is 5.22. The first-order valence-corrected chi connectivity index (χ1v) is 6.38. The predicted octanol–water partition coefficient (Wildman–Crippen LogP) is 3.04. The standard InChI is InChI=1S/C14H17F2N/c15-12-6-10(7-13(16)8-12)9-14(11-2-3-11)4-1-5-17-14/h6-8,11,17H,1-5,9H2. The lowest BCUT2D eigenvalue weighted by Crippen LogP contribution is -2.44. The van der Waals surface area contributed by atoms with Gasteiger partial charge in [0.05, 0.1) is 0 Å². The molecule has 1 N–H and O–H groups in total. The number of hydrogen-bond acceptors (Lipinski definition) is 1. The van der Waals surface area contributed by atoms with E-state index in [0.29, 0.717) is 5.92 Å². The van der Waals surface area contributed by atoms with Gasteiger partial charge in [-0.2, -0.15) is 0 Å².